The van der Waals surface area contributed by atoms with Gasteiger partial charge < -0.3 is 9.05 Å². The van der Waals surface area contributed by atoms with Crippen LogP contribution >= 0.6 is 15.6 Å². The number of phosphoric acid groups is 2. The minimum absolute atomic E-state index is 0. The fourth-order valence-corrected chi connectivity index (χ4v) is 0.733. The Morgan fingerprint density at radius 1 is 0.812 bits per heavy atom. The van der Waals surface area contributed by atoms with Gasteiger partial charge in [-0.25, -0.2) is 13.9 Å². The molecule has 0 saturated carbocycles. The summed E-state index contributed by atoms with van der Waals surface area (Å²) in [4.78, 5) is 41.7. The summed E-state index contributed by atoms with van der Waals surface area (Å²) in [6.07, 6.45) is -2.14. The van der Waals surface area contributed by atoms with Crippen molar-refractivity contribution in [2.75, 3.05) is 0 Å². The summed E-state index contributed by atoms with van der Waals surface area (Å²) >= 11 is 0. The van der Waals surface area contributed by atoms with E-state index in [1.54, 1.807) is 0 Å². The van der Waals surface area contributed by atoms with E-state index in [1.165, 1.54) is 0 Å². The van der Waals surface area contributed by atoms with Gasteiger partial charge in [-0.2, -0.15) is 0 Å². The average Bonchev–Trinajstić information content (AvgIpc) is 1.49. The molecule has 0 aliphatic rings. The number of phosphoric ester groups is 2. The van der Waals surface area contributed by atoms with Gasteiger partial charge in [-0.3, -0.25) is 19.6 Å². The maximum atomic E-state index is 10.0. The van der Waals surface area contributed by atoms with E-state index in [0.29, 0.717) is 0 Å². The van der Waals surface area contributed by atoms with E-state index < -0.39 is 21.8 Å². The zero-order valence-corrected chi connectivity index (χ0v) is 7.01. The van der Waals surface area contributed by atoms with Crippen LogP contribution in [-0.4, -0.2) is 161 Å². The van der Waals surface area contributed by atoms with Crippen molar-refractivity contribution in [3.05, 3.63) is 0 Å². The fourth-order valence-electron chi connectivity index (χ4n) is 0.211. The molecule has 0 saturated heterocycles. The summed E-state index contributed by atoms with van der Waals surface area (Å²) < 4.78 is 25.9. The van der Waals surface area contributed by atoms with E-state index in [0.717, 1.165) is 0 Å². The molecule has 15 heteroatoms. The Morgan fingerprint density at radius 3 is 1.12 bits per heavy atom. The van der Waals surface area contributed by atoms with Crippen LogP contribution in [0.5, 0.6) is 0 Å². The van der Waals surface area contributed by atoms with Crippen molar-refractivity contribution in [3.8, 4) is 0 Å². The summed E-state index contributed by atoms with van der Waals surface area (Å²) in [5.41, 5.74) is 0. The molecule has 0 rings (SSSR count). The molecular formula is CH10Ba2Li2O9P2. The van der Waals surface area contributed by atoms with E-state index in [9.17, 15) is 13.9 Å². The second kappa shape index (κ2) is 13.9. The molecule has 0 aromatic rings. The second-order valence-electron chi connectivity index (χ2n) is 1.41. The van der Waals surface area contributed by atoms with Crippen LogP contribution in [-0.2, 0) is 18.2 Å². The molecular weight excluding hydrogens is 506 g/mol. The number of carbonyl (C=O) groups is 1. The summed E-state index contributed by atoms with van der Waals surface area (Å²) in [7, 11) is -10.3. The van der Waals surface area contributed by atoms with Gasteiger partial charge in [0.05, 0.1) is 0 Å². The predicted molar refractivity (Wildman–Crippen MR) is 63.0 cm³/mol. The van der Waals surface area contributed by atoms with Gasteiger partial charge in [0.15, 0.2) is 0 Å². The first-order valence-corrected chi connectivity index (χ1v) is 5.20. The SMILES string of the molecule is O=C(OP(=O)(O)O)OP(=O)(O)O.[BaH2].[BaH2].[LiH].[LiH]. The molecule has 0 amide bonds. The Morgan fingerprint density at radius 2 is 1.00 bits per heavy atom. The zero-order valence-electron chi connectivity index (χ0n) is 5.22. The third-order valence-corrected chi connectivity index (χ3v) is 1.16. The summed E-state index contributed by atoms with van der Waals surface area (Å²) in [5, 5.41) is 0. The molecule has 0 atom stereocenters. The third kappa shape index (κ3) is 26.5. The van der Waals surface area contributed by atoms with Crippen LogP contribution in [0.25, 0.3) is 0 Å². The van der Waals surface area contributed by atoms with E-state index in [2.05, 4.69) is 9.05 Å². The maximum absolute atomic E-state index is 10.0. The van der Waals surface area contributed by atoms with Gasteiger partial charge in [-0.15, -0.1) is 0 Å². The molecule has 0 bridgehead atoms. The quantitative estimate of drug-likeness (QED) is 0.214. The molecule has 0 spiro atoms. The molecule has 16 heavy (non-hydrogen) atoms. The van der Waals surface area contributed by atoms with E-state index >= 15 is 0 Å². The Bertz CT molecular complexity index is 245. The summed E-state index contributed by atoms with van der Waals surface area (Å²) in [6.45, 7) is 0. The number of rotatable bonds is 2. The first kappa shape index (κ1) is 32.0. The number of carbonyl (C=O) groups excluding carboxylic acids is 1. The molecule has 0 aliphatic carbocycles. The zero-order chi connectivity index (χ0) is 9.99. The Labute approximate surface area is 195 Å². The topological polar surface area (TPSA) is 151 Å². The van der Waals surface area contributed by atoms with Crippen LogP contribution < -0.4 is 0 Å². The molecule has 0 radical (unpaired) electrons. The van der Waals surface area contributed by atoms with Crippen LogP contribution in [0.3, 0.4) is 0 Å². The van der Waals surface area contributed by atoms with E-state index in [-0.39, 0.29) is 135 Å². The molecule has 0 aromatic heterocycles. The van der Waals surface area contributed by atoms with Crippen molar-refractivity contribution in [2.24, 2.45) is 0 Å². The molecule has 0 aliphatic heterocycles. The molecule has 0 aromatic carbocycles. The number of hydrogen-bond acceptors (Lipinski definition) is 5. The van der Waals surface area contributed by atoms with Gasteiger partial charge in [0.2, 0.25) is 0 Å². The van der Waals surface area contributed by atoms with Crippen molar-refractivity contribution in [1.29, 1.82) is 0 Å². The molecule has 9 nitrogen and oxygen atoms in total. The van der Waals surface area contributed by atoms with Gasteiger partial charge in [-0.05, 0) is 0 Å². The van der Waals surface area contributed by atoms with E-state index in [1.807, 2.05) is 0 Å². The van der Waals surface area contributed by atoms with Crippen molar-refractivity contribution in [2.45, 2.75) is 0 Å². The summed E-state index contributed by atoms with van der Waals surface area (Å²) in [6, 6.07) is 0. The summed E-state index contributed by atoms with van der Waals surface area (Å²) in [5.74, 6) is 0. The molecule has 4 N–H and O–H groups in total. The van der Waals surface area contributed by atoms with Crippen molar-refractivity contribution in [1.82, 2.24) is 0 Å². The Kier molecular flexibility index (Phi) is 27.8. The second-order valence-corrected chi connectivity index (χ2v) is 3.74. The monoisotopic (exact) mass is 518 g/mol. The van der Waals surface area contributed by atoms with Crippen LogP contribution in [0, 0.1) is 0 Å². The van der Waals surface area contributed by atoms with Crippen LogP contribution in [0.2, 0.25) is 0 Å². The van der Waals surface area contributed by atoms with Gasteiger partial charge >= 0.3 is 157 Å². The normalized spacial score (nSPS) is 9.25. The molecule has 0 unspecified atom stereocenters. The van der Waals surface area contributed by atoms with E-state index in [4.69, 9.17) is 19.6 Å². The Hall–Kier alpha value is 3.91. The average molecular weight is 517 g/mol. The standard InChI is InChI=1S/CH4O9P2.2Ba.2Li.6H/c2-1(9-11(3,4)5)10-12(6,7)8;;;;;;;;;;/h(H2,3,4,5)(H2,6,7,8);;;;;;;;;;. The Balaban J connectivity index is -0.000000101. The van der Waals surface area contributed by atoms with Crippen molar-refractivity contribution in [3.63, 3.8) is 0 Å². The van der Waals surface area contributed by atoms with Gasteiger partial charge in [0.25, 0.3) is 0 Å². The first-order valence-electron chi connectivity index (χ1n) is 2.14. The van der Waals surface area contributed by atoms with Gasteiger partial charge in [-0.1, -0.05) is 0 Å². The first-order chi connectivity index (χ1) is 5.10. The third-order valence-electron chi connectivity index (χ3n) is 0.387. The predicted octanol–water partition coefficient (Wildman–Crippen LogP) is -3.80. The van der Waals surface area contributed by atoms with Crippen molar-refractivity contribution >= 4 is 157 Å². The minimum atomic E-state index is -5.13. The molecule has 0 heterocycles. The van der Waals surface area contributed by atoms with Crippen LogP contribution in [0.4, 0.5) is 4.79 Å². The van der Waals surface area contributed by atoms with Crippen molar-refractivity contribution < 1.29 is 42.5 Å². The molecule has 0 fully saturated rings. The van der Waals surface area contributed by atoms with Crippen LogP contribution in [0.15, 0.2) is 0 Å². The van der Waals surface area contributed by atoms with Gasteiger partial charge in [0, 0.05) is 0 Å². The van der Waals surface area contributed by atoms with Crippen LogP contribution in [0.1, 0.15) is 0 Å². The fraction of sp³-hybridized carbons (Fsp3) is 0. The molecule has 84 valence electrons. The number of hydrogen-bond donors (Lipinski definition) is 4. The van der Waals surface area contributed by atoms with Gasteiger partial charge in [0.1, 0.15) is 0 Å².